The van der Waals surface area contributed by atoms with Crippen molar-refractivity contribution in [1.29, 1.82) is 0 Å². The van der Waals surface area contributed by atoms with Gasteiger partial charge in [0.2, 0.25) is 0 Å². The Hall–Kier alpha value is -6.24. The van der Waals surface area contributed by atoms with E-state index in [0.717, 1.165) is 6.42 Å². The third-order valence-electron chi connectivity index (χ3n) is 13.3. The standard InChI is InChI=1S/C57H46/c1-56(2,3)45-31-43-22-21-40-23-27-48(51-30-26-44(32-45)54(43)55(40)51)39-19-15-36(16-20-39)42-25-29-50-49-28-24-41(33-52(49)57(4,5)53(50)34-42)35-13-17-38(18-14-35)47-12-8-10-37-9-6-7-11-46(37)47/h6-8,10-34,37H,9H2,1-5H3. The van der Waals surface area contributed by atoms with Crippen LogP contribution < -0.4 is 0 Å². The summed E-state index contributed by atoms with van der Waals surface area (Å²) in [4.78, 5) is 0. The van der Waals surface area contributed by atoms with E-state index in [1.807, 2.05) is 0 Å². The quantitative estimate of drug-likeness (QED) is 0.158. The van der Waals surface area contributed by atoms with E-state index in [1.165, 1.54) is 110 Å². The van der Waals surface area contributed by atoms with Crippen LogP contribution in [0.4, 0.5) is 0 Å². The van der Waals surface area contributed by atoms with Gasteiger partial charge in [-0.1, -0.05) is 192 Å². The molecule has 8 aromatic rings. The van der Waals surface area contributed by atoms with Gasteiger partial charge in [0.1, 0.15) is 0 Å². The fourth-order valence-corrected chi connectivity index (χ4v) is 10.0. The van der Waals surface area contributed by atoms with Crippen LogP contribution >= 0.6 is 0 Å². The largest absolute Gasteiger partial charge is 0.0836 e. The van der Waals surface area contributed by atoms with Crippen molar-refractivity contribution in [3.63, 3.8) is 0 Å². The molecule has 0 bridgehead atoms. The van der Waals surface area contributed by atoms with Crippen molar-refractivity contribution in [3.05, 3.63) is 198 Å². The molecule has 0 amide bonds. The smallest absolute Gasteiger partial charge is 0.0159 e. The van der Waals surface area contributed by atoms with E-state index < -0.39 is 0 Å². The van der Waals surface area contributed by atoms with E-state index in [1.54, 1.807) is 0 Å². The van der Waals surface area contributed by atoms with Gasteiger partial charge >= 0.3 is 0 Å². The Morgan fingerprint density at radius 1 is 0.491 bits per heavy atom. The molecule has 0 saturated carbocycles. The summed E-state index contributed by atoms with van der Waals surface area (Å²) in [5.41, 5.74) is 18.5. The van der Waals surface area contributed by atoms with Gasteiger partial charge in [-0.05, 0) is 134 Å². The van der Waals surface area contributed by atoms with Crippen LogP contribution in [0, 0.1) is 5.92 Å². The average molecular weight is 731 g/mol. The maximum Gasteiger partial charge on any atom is 0.0159 e. The van der Waals surface area contributed by atoms with Gasteiger partial charge in [-0.2, -0.15) is 0 Å². The molecule has 11 rings (SSSR count). The summed E-state index contributed by atoms with van der Waals surface area (Å²) in [7, 11) is 0. The molecule has 3 aliphatic carbocycles. The molecular formula is C57H46. The second kappa shape index (κ2) is 12.4. The number of benzene rings is 8. The maximum atomic E-state index is 2.44. The Bertz CT molecular complexity index is 3040. The number of fused-ring (bicyclic) bond motifs is 4. The van der Waals surface area contributed by atoms with Gasteiger partial charge < -0.3 is 0 Å². The molecule has 0 nitrogen and oxygen atoms in total. The summed E-state index contributed by atoms with van der Waals surface area (Å²) in [5.74, 6) is 0.489. The van der Waals surface area contributed by atoms with E-state index >= 15 is 0 Å². The number of allylic oxidation sites excluding steroid dienone is 8. The van der Waals surface area contributed by atoms with E-state index in [4.69, 9.17) is 0 Å². The van der Waals surface area contributed by atoms with Gasteiger partial charge in [-0.15, -0.1) is 0 Å². The first-order valence-electron chi connectivity index (χ1n) is 20.6. The van der Waals surface area contributed by atoms with Crippen LogP contribution in [0.5, 0.6) is 0 Å². The summed E-state index contributed by atoms with van der Waals surface area (Å²) in [5, 5.41) is 8.03. The lowest BCUT2D eigenvalue weighted by Gasteiger charge is -2.24. The monoisotopic (exact) mass is 730 g/mol. The van der Waals surface area contributed by atoms with Crippen LogP contribution in [-0.4, -0.2) is 0 Å². The lowest BCUT2D eigenvalue weighted by molar-refractivity contribution is 0.591. The van der Waals surface area contributed by atoms with Crippen LogP contribution in [0.2, 0.25) is 0 Å². The summed E-state index contributed by atoms with van der Waals surface area (Å²) in [6.07, 6.45) is 14.7. The third kappa shape index (κ3) is 5.34. The molecular weight excluding hydrogens is 685 g/mol. The minimum absolute atomic E-state index is 0.105. The molecule has 0 aromatic heterocycles. The normalized spacial score (nSPS) is 16.8. The highest BCUT2D eigenvalue weighted by Gasteiger charge is 2.36. The van der Waals surface area contributed by atoms with Crippen molar-refractivity contribution in [3.8, 4) is 44.5 Å². The second-order valence-corrected chi connectivity index (χ2v) is 18.1. The predicted octanol–water partition coefficient (Wildman–Crippen LogP) is 15.6. The van der Waals surface area contributed by atoms with Crippen LogP contribution in [0.25, 0.3) is 82.4 Å². The SMILES string of the molecule is CC(C)(C)c1cc2ccc3ccc(-c4ccc(-c5ccc6c(c5)C(C)(C)c5cc(-c7ccc(C8=CC=CC9CC=CC=C89)cc7)ccc5-6)cc4)c4ccc(c1)c2c34. The fraction of sp³-hybridized carbons (Fsp3) is 0.158. The topological polar surface area (TPSA) is 0 Å². The highest BCUT2D eigenvalue weighted by atomic mass is 14.4. The third-order valence-corrected chi connectivity index (χ3v) is 13.3. The zero-order valence-corrected chi connectivity index (χ0v) is 33.5. The summed E-state index contributed by atoms with van der Waals surface area (Å²) < 4.78 is 0. The molecule has 0 spiro atoms. The number of rotatable bonds is 4. The minimum atomic E-state index is -0.110. The molecule has 0 heterocycles. The van der Waals surface area contributed by atoms with E-state index in [-0.39, 0.29) is 10.8 Å². The molecule has 0 N–H and O–H groups in total. The van der Waals surface area contributed by atoms with Gasteiger partial charge in [0.05, 0.1) is 0 Å². The molecule has 8 aromatic carbocycles. The zero-order chi connectivity index (χ0) is 38.6. The van der Waals surface area contributed by atoms with Crippen LogP contribution in [0.1, 0.15) is 63.3 Å². The molecule has 0 fully saturated rings. The van der Waals surface area contributed by atoms with Crippen molar-refractivity contribution >= 4 is 37.9 Å². The Morgan fingerprint density at radius 3 is 1.68 bits per heavy atom. The van der Waals surface area contributed by atoms with Crippen molar-refractivity contribution in [2.24, 2.45) is 5.92 Å². The molecule has 1 atom stereocenters. The molecule has 0 radical (unpaired) electrons. The van der Waals surface area contributed by atoms with E-state index in [2.05, 4.69) is 205 Å². The van der Waals surface area contributed by atoms with Crippen LogP contribution in [0.3, 0.4) is 0 Å². The predicted molar refractivity (Wildman–Crippen MR) is 245 cm³/mol. The lowest BCUT2D eigenvalue weighted by atomic mass is 9.80. The van der Waals surface area contributed by atoms with Gasteiger partial charge in [-0.3, -0.25) is 0 Å². The minimum Gasteiger partial charge on any atom is -0.0836 e. The van der Waals surface area contributed by atoms with E-state index in [9.17, 15) is 0 Å². The molecule has 0 heteroatoms. The van der Waals surface area contributed by atoms with Crippen molar-refractivity contribution < 1.29 is 0 Å². The first kappa shape index (κ1) is 34.0. The first-order valence-corrected chi connectivity index (χ1v) is 20.6. The van der Waals surface area contributed by atoms with E-state index in [0.29, 0.717) is 5.92 Å². The van der Waals surface area contributed by atoms with Crippen LogP contribution in [-0.2, 0) is 10.8 Å². The fourth-order valence-electron chi connectivity index (χ4n) is 10.0. The average Bonchev–Trinajstić information content (AvgIpc) is 3.46. The molecule has 0 aliphatic heterocycles. The van der Waals surface area contributed by atoms with Crippen molar-refractivity contribution in [2.45, 2.75) is 51.9 Å². The van der Waals surface area contributed by atoms with Crippen molar-refractivity contribution in [2.75, 3.05) is 0 Å². The highest BCUT2D eigenvalue weighted by molar-refractivity contribution is 6.25. The molecule has 0 saturated heterocycles. The Labute approximate surface area is 336 Å². The summed E-state index contributed by atoms with van der Waals surface area (Å²) in [6, 6.07) is 51.3. The van der Waals surface area contributed by atoms with Crippen LogP contribution in [0.15, 0.2) is 175 Å². The highest BCUT2D eigenvalue weighted by Crippen LogP contribution is 2.51. The lowest BCUT2D eigenvalue weighted by Crippen LogP contribution is -2.15. The number of hydrogen-bond donors (Lipinski definition) is 0. The van der Waals surface area contributed by atoms with Crippen molar-refractivity contribution in [1.82, 2.24) is 0 Å². The Kier molecular flexibility index (Phi) is 7.39. The van der Waals surface area contributed by atoms with Gasteiger partial charge in [-0.25, -0.2) is 0 Å². The maximum absolute atomic E-state index is 2.44. The second-order valence-electron chi connectivity index (χ2n) is 18.1. The summed E-state index contributed by atoms with van der Waals surface area (Å²) in [6.45, 7) is 11.7. The van der Waals surface area contributed by atoms with Gasteiger partial charge in [0.15, 0.2) is 0 Å². The van der Waals surface area contributed by atoms with Gasteiger partial charge in [0, 0.05) is 11.3 Å². The molecule has 274 valence electrons. The Balaban J connectivity index is 0.892. The first-order chi connectivity index (χ1) is 27.6. The molecule has 1 unspecified atom stereocenters. The molecule has 57 heavy (non-hydrogen) atoms. The Morgan fingerprint density at radius 2 is 1.04 bits per heavy atom. The molecule has 3 aliphatic rings. The van der Waals surface area contributed by atoms with Gasteiger partial charge in [0.25, 0.3) is 0 Å². The summed E-state index contributed by atoms with van der Waals surface area (Å²) >= 11 is 0. The number of hydrogen-bond acceptors (Lipinski definition) is 0. The zero-order valence-electron chi connectivity index (χ0n) is 33.5.